The Balaban J connectivity index is 2.31. The van der Waals surface area contributed by atoms with Gasteiger partial charge in [-0.1, -0.05) is 0 Å². The van der Waals surface area contributed by atoms with Crippen LogP contribution in [0.3, 0.4) is 0 Å². The number of hydrogen-bond acceptors (Lipinski definition) is 3. The van der Waals surface area contributed by atoms with Gasteiger partial charge in [0.25, 0.3) is 0 Å². The first-order valence-corrected chi connectivity index (χ1v) is 6.02. The summed E-state index contributed by atoms with van der Waals surface area (Å²) in [5, 5.41) is 8.46. The Bertz CT molecular complexity index is 345. The minimum absolute atomic E-state index is 0.443. The topological polar surface area (TPSA) is 29.9 Å². The first kappa shape index (κ1) is 10.1. The lowest BCUT2D eigenvalue weighted by Gasteiger charge is -2.11. The highest BCUT2D eigenvalue weighted by Crippen LogP contribution is 2.35. The van der Waals surface area contributed by atoms with E-state index < -0.39 is 0 Å². The van der Waals surface area contributed by atoms with Crippen LogP contribution in [0.25, 0.3) is 0 Å². The van der Waals surface area contributed by atoms with Crippen molar-refractivity contribution in [2.45, 2.75) is 32.2 Å². The van der Waals surface area contributed by atoms with Gasteiger partial charge in [0.15, 0.2) is 0 Å². The van der Waals surface area contributed by atoms with Crippen LogP contribution in [0.4, 0.5) is 0 Å². The van der Waals surface area contributed by atoms with Crippen LogP contribution in [-0.2, 0) is 7.05 Å². The average molecular weight is 211 g/mol. The van der Waals surface area contributed by atoms with Gasteiger partial charge in [0.2, 0.25) is 0 Å². The largest absolute Gasteiger partial charge is 0.298 e. The molecule has 14 heavy (non-hydrogen) atoms. The normalized spacial score (nSPS) is 27.1. The maximum atomic E-state index is 4.44. The second kappa shape index (κ2) is 3.59. The van der Waals surface area contributed by atoms with Gasteiger partial charge in [-0.25, -0.2) is 0 Å². The van der Waals surface area contributed by atoms with Crippen molar-refractivity contribution >= 4 is 11.8 Å². The van der Waals surface area contributed by atoms with Crippen molar-refractivity contribution < 1.29 is 0 Å². The molecule has 0 aliphatic carbocycles. The van der Waals surface area contributed by atoms with Crippen LogP contribution in [0.1, 0.15) is 29.2 Å². The zero-order chi connectivity index (χ0) is 10.3. The maximum Gasteiger partial charge on any atom is 0.0828 e. The molecule has 1 aliphatic rings. The molecule has 2 unspecified atom stereocenters. The van der Waals surface area contributed by atoms with Crippen molar-refractivity contribution in [1.82, 2.24) is 15.1 Å². The van der Waals surface area contributed by atoms with Crippen molar-refractivity contribution in [3.8, 4) is 0 Å². The smallest absolute Gasteiger partial charge is 0.0828 e. The van der Waals surface area contributed by atoms with Crippen molar-refractivity contribution in [3.05, 3.63) is 17.0 Å². The van der Waals surface area contributed by atoms with Gasteiger partial charge in [-0.3, -0.25) is 10.00 Å². The molecule has 1 saturated heterocycles. The van der Waals surface area contributed by atoms with Crippen molar-refractivity contribution in [3.63, 3.8) is 0 Å². The molecule has 1 aromatic heterocycles. The molecule has 0 aromatic carbocycles. The fourth-order valence-electron chi connectivity index (χ4n) is 1.93. The Hall–Kier alpha value is -0.480. The summed E-state index contributed by atoms with van der Waals surface area (Å²) in [6.07, 6.45) is 0. The van der Waals surface area contributed by atoms with E-state index in [0.717, 1.165) is 5.69 Å². The van der Waals surface area contributed by atoms with E-state index >= 15 is 0 Å². The zero-order valence-electron chi connectivity index (χ0n) is 9.16. The van der Waals surface area contributed by atoms with E-state index in [2.05, 4.69) is 31.2 Å². The molecular formula is C10H17N3S. The molecule has 1 N–H and O–H groups in total. The van der Waals surface area contributed by atoms with Crippen molar-refractivity contribution in [2.75, 3.05) is 5.75 Å². The van der Waals surface area contributed by atoms with Crippen molar-refractivity contribution in [1.29, 1.82) is 0 Å². The van der Waals surface area contributed by atoms with Gasteiger partial charge in [0.05, 0.1) is 11.1 Å². The molecule has 0 bridgehead atoms. The minimum Gasteiger partial charge on any atom is -0.298 e. The van der Waals surface area contributed by atoms with E-state index in [1.165, 1.54) is 17.0 Å². The molecule has 1 fully saturated rings. The number of rotatable bonds is 1. The lowest BCUT2D eigenvalue weighted by molar-refractivity contribution is 0.614. The summed E-state index contributed by atoms with van der Waals surface area (Å²) < 4.78 is 1.97. The Morgan fingerprint density at radius 1 is 1.50 bits per heavy atom. The summed E-state index contributed by atoms with van der Waals surface area (Å²) in [4.78, 5) is 0. The van der Waals surface area contributed by atoms with E-state index in [1.807, 2.05) is 23.5 Å². The van der Waals surface area contributed by atoms with Crippen LogP contribution in [0.2, 0.25) is 0 Å². The number of thioether (sulfide) groups is 1. The average Bonchev–Trinajstić information content (AvgIpc) is 2.60. The van der Waals surface area contributed by atoms with Crippen LogP contribution >= 0.6 is 11.8 Å². The van der Waals surface area contributed by atoms with E-state index in [9.17, 15) is 0 Å². The molecule has 1 aromatic rings. The lowest BCUT2D eigenvalue weighted by Crippen LogP contribution is -2.22. The lowest BCUT2D eigenvalue weighted by atomic mass is 10.2. The molecule has 78 valence electrons. The number of nitrogens with zero attached hydrogens (tertiary/aromatic N) is 2. The maximum absolute atomic E-state index is 4.44. The molecule has 0 radical (unpaired) electrons. The second-order valence-corrected chi connectivity index (χ2v) is 5.13. The Morgan fingerprint density at radius 2 is 2.21 bits per heavy atom. The highest BCUT2D eigenvalue weighted by atomic mass is 32.2. The van der Waals surface area contributed by atoms with E-state index in [-0.39, 0.29) is 0 Å². The predicted molar refractivity (Wildman–Crippen MR) is 60.5 cm³/mol. The Labute approximate surface area is 89.3 Å². The molecule has 2 atom stereocenters. The first-order valence-electron chi connectivity index (χ1n) is 4.97. The van der Waals surface area contributed by atoms with Gasteiger partial charge < -0.3 is 0 Å². The highest BCUT2D eigenvalue weighted by Gasteiger charge is 2.26. The van der Waals surface area contributed by atoms with Crippen LogP contribution in [-0.4, -0.2) is 21.6 Å². The van der Waals surface area contributed by atoms with Gasteiger partial charge in [0.1, 0.15) is 0 Å². The zero-order valence-corrected chi connectivity index (χ0v) is 9.98. The molecule has 2 heterocycles. The van der Waals surface area contributed by atoms with Crippen LogP contribution in [0.15, 0.2) is 0 Å². The summed E-state index contributed by atoms with van der Waals surface area (Å²) in [6.45, 7) is 6.46. The third-order valence-electron chi connectivity index (χ3n) is 2.78. The fraction of sp³-hybridized carbons (Fsp3) is 0.700. The Kier molecular flexibility index (Phi) is 2.58. The second-order valence-electron chi connectivity index (χ2n) is 3.99. The van der Waals surface area contributed by atoms with E-state index in [4.69, 9.17) is 0 Å². The number of aromatic nitrogens is 2. The summed E-state index contributed by atoms with van der Waals surface area (Å²) >= 11 is 1.98. The summed E-state index contributed by atoms with van der Waals surface area (Å²) in [7, 11) is 2.01. The summed E-state index contributed by atoms with van der Waals surface area (Å²) in [6, 6.07) is 0.615. The van der Waals surface area contributed by atoms with Crippen LogP contribution in [0, 0.1) is 13.8 Å². The van der Waals surface area contributed by atoms with Crippen LogP contribution < -0.4 is 5.32 Å². The van der Waals surface area contributed by atoms with Crippen molar-refractivity contribution in [2.24, 2.45) is 7.05 Å². The highest BCUT2D eigenvalue weighted by molar-refractivity contribution is 7.99. The third-order valence-corrected chi connectivity index (χ3v) is 4.17. The first-order chi connectivity index (χ1) is 6.59. The molecule has 2 rings (SSSR count). The third kappa shape index (κ3) is 1.57. The van der Waals surface area contributed by atoms with Gasteiger partial charge in [-0.15, -0.1) is 11.8 Å². The van der Waals surface area contributed by atoms with Gasteiger partial charge in [-0.2, -0.15) is 5.10 Å². The summed E-state index contributed by atoms with van der Waals surface area (Å²) in [5.41, 5.74) is 3.81. The number of aryl methyl sites for hydroxylation is 2. The SMILES string of the molecule is Cc1nn(C)c(C)c1C1NC(C)CS1. The molecule has 4 heteroatoms. The molecule has 0 saturated carbocycles. The monoisotopic (exact) mass is 211 g/mol. The molecular weight excluding hydrogens is 194 g/mol. The van der Waals surface area contributed by atoms with Gasteiger partial charge in [-0.05, 0) is 20.8 Å². The molecule has 0 amide bonds. The summed E-state index contributed by atoms with van der Waals surface area (Å²) in [5.74, 6) is 1.19. The van der Waals surface area contributed by atoms with E-state index in [1.54, 1.807) is 0 Å². The molecule has 1 aliphatic heterocycles. The minimum atomic E-state index is 0.443. The van der Waals surface area contributed by atoms with Gasteiger partial charge >= 0.3 is 0 Å². The molecule has 3 nitrogen and oxygen atoms in total. The van der Waals surface area contributed by atoms with Gasteiger partial charge in [0, 0.05) is 30.1 Å². The Morgan fingerprint density at radius 3 is 2.64 bits per heavy atom. The predicted octanol–water partition coefficient (Wildman–Crippen LogP) is 1.76. The standard InChI is InChI=1S/C10H17N3S/c1-6-5-14-10(11-6)9-7(2)12-13(4)8(9)3/h6,10-11H,5H2,1-4H3. The molecule has 0 spiro atoms. The van der Waals surface area contributed by atoms with E-state index in [0.29, 0.717) is 11.4 Å². The quantitative estimate of drug-likeness (QED) is 0.767. The van der Waals surface area contributed by atoms with Crippen LogP contribution in [0.5, 0.6) is 0 Å². The number of nitrogens with one attached hydrogen (secondary N) is 1. The fourth-order valence-corrected chi connectivity index (χ4v) is 3.34. The number of hydrogen-bond donors (Lipinski definition) is 1.